The van der Waals surface area contributed by atoms with E-state index in [1.807, 2.05) is 0 Å². The van der Waals surface area contributed by atoms with Crippen molar-refractivity contribution in [3.63, 3.8) is 0 Å². The number of fused-ring (bicyclic) bond motifs is 2. The number of carbonyl (C=O) groups excluding carboxylic acids is 2. The summed E-state index contributed by atoms with van der Waals surface area (Å²) in [5, 5.41) is 35.7. The number of nitrogens with zero attached hydrogens (tertiary/aromatic N) is 6. The van der Waals surface area contributed by atoms with Gasteiger partial charge < -0.3 is 35.5 Å². The fourth-order valence-corrected chi connectivity index (χ4v) is 7.71. The zero-order chi connectivity index (χ0) is 43.7. The second-order valence-corrected chi connectivity index (χ2v) is 16.6. The first-order valence-electron chi connectivity index (χ1n) is 16.7. The van der Waals surface area contributed by atoms with E-state index in [0.29, 0.717) is 17.8 Å². The zero-order valence-corrected chi connectivity index (χ0v) is 41.8. The molecule has 0 heterocycles. The van der Waals surface area contributed by atoms with E-state index in [9.17, 15) is 53.6 Å². The van der Waals surface area contributed by atoms with Crippen molar-refractivity contribution in [3.8, 4) is 5.75 Å². The number of hydrogen-bond donors (Lipinski definition) is 4. The third-order valence-corrected chi connectivity index (χ3v) is 11.1. The normalized spacial score (nSPS) is 12.5. The van der Waals surface area contributed by atoms with Gasteiger partial charge in [0.2, 0.25) is 6.04 Å². The molecular weight excluding hydrogens is 916 g/mol. The largest absolute Gasteiger partial charge is 1.00 e. The first-order chi connectivity index (χ1) is 28.1. The monoisotopic (exact) mass is 941 g/mol. The van der Waals surface area contributed by atoms with Crippen molar-refractivity contribution in [3.05, 3.63) is 97.1 Å². The van der Waals surface area contributed by atoms with Gasteiger partial charge in [-0.1, -0.05) is 42.5 Å². The number of Topliss-reactive ketones (excluding diaryl/α,β-unsaturated/α-hetero) is 1. The molecule has 27 heteroatoms. The second-order valence-electron chi connectivity index (χ2n) is 12.5. The van der Waals surface area contributed by atoms with Crippen LogP contribution in [0.25, 0.3) is 21.5 Å². The maximum absolute atomic E-state index is 12.7. The van der Waals surface area contributed by atoms with Gasteiger partial charge in [0.1, 0.15) is 47.4 Å². The average molecular weight is 942 g/mol. The Morgan fingerprint density at radius 2 is 1.11 bits per heavy atom. The summed E-state index contributed by atoms with van der Waals surface area (Å²) in [6, 6.07) is 19.6. The number of nitrogens with two attached hydrogens (primary N) is 2. The Morgan fingerprint density at radius 1 is 0.619 bits per heavy atom. The predicted molar refractivity (Wildman–Crippen MR) is 211 cm³/mol. The molecule has 63 heavy (non-hydrogen) atoms. The summed E-state index contributed by atoms with van der Waals surface area (Å²) in [5.74, 6) is -2.50. The van der Waals surface area contributed by atoms with Crippen LogP contribution in [0.3, 0.4) is 0 Å². The van der Waals surface area contributed by atoms with Crippen LogP contribution >= 0.6 is 0 Å². The quantitative estimate of drug-likeness (QED) is 0.0315. The minimum atomic E-state index is -5.58. The molecule has 21 nitrogen and oxygen atoms in total. The summed E-state index contributed by atoms with van der Waals surface area (Å²) in [7, 11) is -16.2. The second kappa shape index (κ2) is 21.3. The number of aromatic hydroxyl groups is 1. The van der Waals surface area contributed by atoms with Gasteiger partial charge in [0, 0.05) is 16.5 Å². The molecule has 0 fully saturated rings. The number of benzene rings is 6. The van der Waals surface area contributed by atoms with Gasteiger partial charge >= 0.3 is 88.7 Å². The first kappa shape index (κ1) is 53.2. The van der Waals surface area contributed by atoms with Gasteiger partial charge in [-0.2, -0.15) is 15.3 Å². The summed E-state index contributed by atoms with van der Waals surface area (Å²) in [4.78, 5) is 21.6. The van der Waals surface area contributed by atoms with Gasteiger partial charge in [0.25, 0.3) is 5.91 Å². The van der Waals surface area contributed by atoms with Crippen LogP contribution in [0.5, 0.6) is 5.75 Å². The standard InChI is InChI=1S/C36H29N9O12S3.3Na/c1-18(46)32(36(48)39-20-7-3-2-4-8-20)43-40-21-11-13-22(14-12-21)41-44-33-27(59(52,53)54)15-19-16-28(60(55,56)57)34(35(47)29(19)31(33)38)45-42-25-17-26(58(49,50)51)23-9-5-6-10-24(23)30(25)37;;;/h2-17,32,47H,37-38H2,1H3,(H,39,48)(H,49,50,51)(H,52,53,54)(H,55,56,57);;;/q;3*+1/p-3. The molecule has 0 saturated carbocycles. The molecule has 0 bridgehead atoms. The SMILES string of the molecule is CC(=O)C(N=Nc1ccc(N=Nc2c(S(=O)(=O)[O-])cc3cc(S(=O)(=O)[O-])c(N=Nc4cc(S(=O)(=O)[O-])c5ccccc5c4N)c(O)c3c2N)cc1)C(=O)Nc1ccccc1.[Na+].[Na+].[Na+]. The maximum Gasteiger partial charge on any atom is 1.00 e. The Bertz CT molecular complexity index is 3200. The van der Waals surface area contributed by atoms with Crippen molar-refractivity contribution in [2.45, 2.75) is 27.7 Å². The van der Waals surface area contributed by atoms with E-state index in [4.69, 9.17) is 11.5 Å². The molecule has 0 aliphatic carbocycles. The van der Waals surface area contributed by atoms with Crippen molar-refractivity contribution in [2.24, 2.45) is 30.7 Å². The molecule has 1 amide bonds. The number of nitrogen functional groups attached to an aromatic ring is 2. The van der Waals surface area contributed by atoms with E-state index < -0.39 is 102 Å². The van der Waals surface area contributed by atoms with Crippen LogP contribution in [0.1, 0.15) is 6.92 Å². The molecule has 1 unspecified atom stereocenters. The van der Waals surface area contributed by atoms with E-state index in [1.165, 1.54) is 48.5 Å². The fourth-order valence-electron chi connectivity index (χ4n) is 5.70. The maximum atomic E-state index is 12.7. The number of ketones is 1. The van der Waals surface area contributed by atoms with Gasteiger partial charge in [-0.25, -0.2) is 25.3 Å². The topological polar surface area (TPSA) is 364 Å². The molecule has 1 atom stereocenters. The molecule has 0 aliphatic heterocycles. The molecule has 308 valence electrons. The molecule has 0 radical (unpaired) electrons. The minimum absolute atomic E-state index is 0. The number of hydrogen-bond acceptors (Lipinski definition) is 20. The number of carbonyl (C=O) groups is 2. The van der Waals surface area contributed by atoms with Gasteiger partial charge in [0.05, 0.1) is 42.8 Å². The Hall–Kier alpha value is -4.09. The predicted octanol–water partition coefficient (Wildman–Crippen LogP) is -2.90. The molecule has 0 aliphatic rings. The minimum Gasteiger partial charge on any atom is -0.744 e. The molecule has 6 rings (SSSR count). The molecule has 6 aromatic rings. The van der Waals surface area contributed by atoms with Crippen molar-refractivity contribution in [1.82, 2.24) is 0 Å². The van der Waals surface area contributed by atoms with Crippen molar-refractivity contribution in [2.75, 3.05) is 16.8 Å². The Morgan fingerprint density at radius 3 is 1.65 bits per heavy atom. The van der Waals surface area contributed by atoms with Crippen LogP contribution in [-0.4, -0.2) is 61.8 Å². The summed E-state index contributed by atoms with van der Waals surface area (Å²) < 4.78 is 111. The number of rotatable bonds is 12. The Kier molecular flexibility index (Phi) is 18.0. The summed E-state index contributed by atoms with van der Waals surface area (Å²) in [5.41, 5.74) is 9.59. The van der Waals surface area contributed by atoms with Crippen LogP contribution in [0.4, 0.5) is 45.5 Å². The van der Waals surface area contributed by atoms with Crippen LogP contribution < -0.4 is 105 Å². The van der Waals surface area contributed by atoms with Gasteiger partial charge in [-0.15, -0.1) is 15.3 Å². The number of azo groups is 3. The molecular formula is C36H26N9Na3O12S3. The van der Waals surface area contributed by atoms with E-state index in [2.05, 4.69) is 36.0 Å². The van der Waals surface area contributed by atoms with Crippen molar-refractivity contribution >= 4 is 109 Å². The number of anilines is 3. The molecule has 6 aromatic carbocycles. The summed E-state index contributed by atoms with van der Waals surface area (Å²) >= 11 is 0. The number of phenols is 1. The van der Waals surface area contributed by atoms with E-state index >= 15 is 0 Å². The van der Waals surface area contributed by atoms with E-state index in [-0.39, 0.29) is 117 Å². The van der Waals surface area contributed by atoms with Crippen LogP contribution in [-0.2, 0) is 39.9 Å². The summed E-state index contributed by atoms with van der Waals surface area (Å²) in [6.45, 7) is 1.16. The number of phenolic OH excluding ortho intramolecular Hbond substituents is 1. The molecule has 0 saturated heterocycles. The van der Waals surface area contributed by atoms with Crippen molar-refractivity contribution in [1.29, 1.82) is 0 Å². The third kappa shape index (κ3) is 12.2. The zero-order valence-electron chi connectivity index (χ0n) is 33.3. The van der Waals surface area contributed by atoms with Gasteiger partial charge in [-0.05, 0) is 66.9 Å². The van der Waals surface area contributed by atoms with Crippen LogP contribution in [0.15, 0.2) is 142 Å². The van der Waals surface area contributed by atoms with Gasteiger partial charge in [0.15, 0.2) is 11.5 Å². The van der Waals surface area contributed by atoms with E-state index in [0.717, 1.165) is 13.0 Å². The van der Waals surface area contributed by atoms with E-state index in [1.54, 1.807) is 30.3 Å². The van der Waals surface area contributed by atoms with Crippen LogP contribution in [0.2, 0.25) is 0 Å². The fraction of sp³-hybridized carbons (Fsp3) is 0.0556. The number of para-hydroxylation sites is 1. The molecule has 0 aromatic heterocycles. The van der Waals surface area contributed by atoms with Crippen molar-refractivity contribution < 1.29 is 142 Å². The van der Waals surface area contributed by atoms with Gasteiger partial charge in [-0.3, -0.25) is 9.59 Å². The third-order valence-electron chi connectivity index (χ3n) is 8.49. The molecule has 6 N–H and O–H groups in total. The number of amides is 1. The Labute approximate surface area is 424 Å². The smallest absolute Gasteiger partial charge is 0.744 e. The van der Waals surface area contributed by atoms with Crippen LogP contribution in [0, 0.1) is 0 Å². The Balaban J connectivity index is 0.00000352. The average Bonchev–Trinajstić information content (AvgIpc) is 3.17. The first-order valence-corrected chi connectivity index (χ1v) is 20.9. The summed E-state index contributed by atoms with van der Waals surface area (Å²) in [6.07, 6.45) is 0. The molecule has 0 spiro atoms. The number of nitrogens with one attached hydrogen (secondary N) is 1.